The fraction of sp³-hybridized carbons (Fsp3) is 0. The van der Waals surface area contributed by atoms with Crippen LogP contribution in [-0.4, -0.2) is 5.87 Å². The third-order valence-corrected chi connectivity index (χ3v) is 1.36. The van der Waals surface area contributed by atoms with Crippen LogP contribution in [0.25, 0.3) is 6.08 Å². The Morgan fingerprint density at radius 3 is 2.40 bits per heavy atom. The standard InChI is InChI=1S/C8H6ClN/c9-8-3-1-7(2-4-8)5-6-10/h1-5,10H. The van der Waals surface area contributed by atoms with E-state index in [2.05, 4.69) is 5.87 Å². The van der Waals surface area contributed by atoms with Gasteiger partial charge in [-0.25, -0.2) is 0 Å². The highest BCUT2D eigenvalue weighted by atomic mass is 35.5. The van der Waals surface area contributed by atoms with Crippen LogP contribution in [-0.2, 0) is 0 Å². The molecule has 1 aromatic rings. The summed E-state index contributed by atoms with van der Waals surface area (Å²) in [5, 5.41) is 7.37. The largest absolute Gasteiger partial charge is 0.259 e. The van der Waals surface area contributed by atoms with Crippen molar-refractivity contribution in [3.8, 4) is 0 Å². The van der Waals surface area contributed by atoms with Gasteiger partial charge in [0.2, 0.25) is 0 Å². The lowest BCUT2D eigenvalue weighted by Crippen LogP contribution is -1.69. The van der Waals surface area contributed by atoms with E-state index in [-0.39, 0.29) is 0 Å². The minimum Gasteiger partial charge on any atom is -0.259 e. The Labute approximate surface area is 64.5 Å². The van der Waals surface area contributed by atoms with Gasteiger partial charge in [0.1, 0.15) is 0 Å². The van der Waals surface area contributed by atoms with E-state index >= 15 is 0 Å². The zero-order chi connectivity index (χ0) is 7.40. The topological polar surface area (TPSA) is 23.9 Å². The molecule has 0 saturated heterocycles. The Morgan fingerprint density at radius 1 is 1.30 bits per heavy atom. The summed E-state index contributed by atoms with van der Waals surface area (Å²) in [6.07, 6.45) is 1.58. The molecule has 0 aromatic heterocycles. The second kappa shape index (κ2) is 3.21. The summed E-state index contributed by atoms with van der Waals surface area (Å²) < 4.78 is 0. The lowest BCUT2D eigenvalue weighted by atomic mass is 10.2. The Balaban J connectivity index is 3.00. The highest BCUT2D eigenvalue weighted by molar-refractivity contribution is 6.30. The highest BCUT2D eigenvalue weighted by Gasteiger charge is 1.85. The van der Waals surface area contributed by atoms with Gasteiger partial charge in [-0.3, -0.25) is 5.41 Å². The Kier molecular flexibility index (Phi) is 2.27. The molecule has 0 aliphatic heterocycles. The first-order valence-corrected chi connectivity index (χ1v) is 3.22. The molecular weight excluding hydrogens is 146 g/mol. The molecule has 1 nitrogen and oxygen atoms in total. The van der Waals surface area contributed by atoms with Crippen molar-refractivity contribution in [1.82, 2.24) is 0 Å². The van der Waals surface area contributed by atoms with Crippen molar-refractivity contribution >= 4 is 23.5 Å². The van der Waals surface area contributed by atoms with Crippen LogP contribution in [0, 0.1) is 5.41 Å². The molecule has 0 unspecified atom stereocenters. The van der Waals surface area contributed by atoms with Crippen LogP contribution in [0.2, 0.25) is 5.02 Å². The molecule has 0 radical (unpaired) electrons. The second-order valence-corrected chi connectivity index (χ2v) is 2.28. The molecular formula is C8H6ClN. The fourth-order valence-corrected chi connectivity index (χ4v) is 0.768. The molecule has 0 aliphatic rings. The van der Waals surface area contributed by atoms with E-state index in [4.69, 9.17) is 17.0 Å². The number of hydrogen-bond acceptors (Lipinski definition) is 1. The van der Waals surface area contributed by atoms with E-state index in [0.29, 0.717) is 5.02 Å². The van der Waals surface area contributed by atoms with Crippen molar-refractivity contribution < 1.29 is 0 Å². The molecule has 50 valence electrons. The smallest absolute Gasteiger partial charge is 0.0406 e. The predicted octanol–water partition coefficient (Wildman–Crippen LogP) is 2.60. The molecule has 2 heteroatoms. The van der Waals surface area contributed by atoms with E-state index in [1.165, 1.54) is 0 Å². The fourth-order valence-electron chi connectivity index (χ4n) is 0.642. The summed E-state index contributed by atoms with van der Waals surface area (Å²) in [7, 11) is 0. The van der Waals surface area contributed by atoms with Crippen molar-refractivity contribution in [3.05, 3.63) is 34.9 Å². The SMILES string of the molecule is N=C=Cc1ccc(Cl)cc1. The Hall–Kier alpha value is -1.04. The summed E-state index contributed by atoms with van der Waals surface area (Å²) in [6.45, 7) is 0. The summed E-state index contributed by atoms with van der Waals surface area (Å²) in [6, 6.07) is 7.24. The van der Waals surface area contributed by atoms with E-state index in [1.807, 2.05) is 12.1 Å². The molecule has 0 atom stereocenters. The molecule has 1 aromatic carbocycles. The Bertz CT molecular complexity index is 257. The van der Waals surface area contributed by atoms with Crippen LogP contribution in [0.5, 0.6) is 0 Å². The molecule has 0 saturated carbocycles. The third-order valence-electron chi connectivity index (χ3n) is 1.11. The molecule has 0 fully saturated rings. The van der Waals surface area contributed by atoms with Crippen molar-refractivity contribution in [2.75, 3.05) is 0 Å². The van der Waals surface area contributed by atoms with Crippen molar-refractivity contribution in [3.63, 3.8) is 0 Å². The predicted molar refractivity (Wildman–Crippen MR) is 43.6 cm³/mol. The minimum absolute atomic E-state index is 0.710. The zero-order valence-electron chi connectivity index (χ0n) is 5.26. The van der Waals surface area contributed by atoms with Gasteiger partial charge >= 0.3 is 0 Å². The molecule has 10 heavy (non-hydrogen) atoms. The second-order valence-electron chi connectivity index (χ2n) is 1.84. The van der Waals surface area contributed by atoms with Crippen molar-refractivity contribution in [1.29, 1.82) is 5.41 Å². The quantitative estimate of drug-likeness (QED) is 0.597. The summed E-state index contributed by atoms with van der Waals surface area (Å²) >= 11 is 5.63. The van der Waals surface area contributed by atoms with E-state index in [0.717, 1.165) is 5.56 Å². The maximum atomic E-state index is 6.66. The van der Waals surface area contributed by atoms with Crippen LogP contribution < -0.4 is 0 Å². The number of hydrogen-bond donors (Lipinski definition) is 1. The normalized spacial score (nSPS) is 8.50. The van der Waals surface area contributed by atoms with E-state index in [1.54, 1.807) is 18.2 Å². The van der Waals surface area contributed by atoms with Gasteiger partial charge in [-0.2, -0.15) is 0 Å². The molecule has 0 heterocycles. The highest BCUT2D eigenvalue weighted by Crippen LogP contribution is 2.09. The lowest BCUT2D eigenvalue weighted by Gasteiger charge is -1.89. The van der Waals surface area contributed by atoms with Gasteiger partial charge in [0.05, 0.1) is 0 Å². The Morgan fingerprint density at radius 2 is 1.90 bits per heavy atom. The molecule has 0 amide bonds. The van der Waals surface area contributed by atoms with Gasteiger partial charge in [-0.05, 0) is 23.6 Å². The first-order valence-electron chi connectivity index (χ1n) is 2.84. The van der Waals surface area contributed by atoms with Crippen LogP contribution >= 0.6 is 11.6 Å². The van der Waals surface area contributed by atoms with Crippen LogP contribution in [0.1, 0.15) is 5.56 Å². The molecule has 0 bridgehead atoms. The van der Waals surface area contributed by atoms with Crippen LogP contribution in [0.15, 0.2) is 24.3 Å². The van der Waals surface area contributed by atoms with Crippen LogP contribution in [0.4, 0.5) is 0 Å². The molecule has 1 N–H and O–H groups in total. The summed E-state index contributed by atoms with van der Waals surface area (Å²) in [4.78, 5) is 0. The van der Waals surface area contributed by atoms with Gasteiger partial charge < -0.3 is 0 Å². The van der Waals surface area contributed by atoms with Gasteiger partial charge in [0, 0.05) is 11.1 Å². The summed E-state index contributed by atoms with van der Waals surface area (Å²) in [5.41, 5.74) is 0.944. The van der Waals surface area contributed by atoms with Crippen molar-refractivity contribution in [2.45, 2.75) is 0 Å². The van der Waals surface area contributed by atoms with Crippen LogP contribution in [0.3, 0.4) is 0 Å². The lowest BCUT2D eigenvalue weighted by molar-refractivity contribution is 1.59. The van der Waals surface area contributed by atoms with E-state index < -0.39 is 0 Å². The minimum atomic E-state index is 0.710. The first-order chi connectivity index (χ1) is 4.83. The maximum absolute atomic E-state index is 6.66. The summed E-state index contributed by atoms with van der Waals surface area (Å²) in [5.74, 6) is 2.19. The van der Waals surface area contributed by atoms with Gasteiger partial charge in [0.15, 0.2) is 0 Å². The third kappa shape index (κ3) is 1.73. The number of halogens is 1. The number of rotatable bonds is 1. The van der Waals surface area contributed by atoms with E-state index in [9.17, 15) is 0 Å². The van der Waals surface area contributed by atoms with Gasteiger partial charge in [-0.1, -0.05) is 23.7 Å². The molecule has 1 rings (SSSR count). The maximum Gasteiger partial charge on any atom is 0.0406 e. The average molecular weight is 152 g/mol. The number of nitrogens with one attached hydrogen (secondary N) is 1. The van der Waals surface area contributed by atoms with Gasteiger partial charge in [0.25, 0.3) is 0 Å². The molecule has 0 aliphatic carbocycles. The van der Waals surface area contributed by atoms with Gasteiger partial charge in [-0.15, -0.1) is 0 Å². The first kappa shape index (κ1) is 7.07. The van der Waals surface area contributed by atoms with Crippen molar-refractivity contribution in [2.24, 2.45) is 0 Å². The molecule has 0 spiro atoms. The number of benzene rings is 1. The zero-order valence-corrected chi connectivity index (χ0v) is 6.02. The average Bonchev–Trinajstić information content (AvgIpc) is 1.95. The monoisotopic (exact) mass is 151 g/mol.